The van der Waals surface area contributed by atoms with Crippen LogP contribution in [-0.4, -0.2) is 24.9 Å². The number of phenols is 1. The third-order valence-electron chi connectivity index (χ3n) is 5.06. The second-order valence-corrected chi connectivity index (χ2v) is 6.55. The number of fused-ring (bicyclic) bond motifs is 2. The molecule has 5 rings (SSSR count). The van der Waals surface area contributed by atoms with Crippen molar-refractivity contribution in [1.82, 2.24) is 19.7 Å². The van der Waals surface area contributed by atoms with E-state index in [1.165, 1.54) is 17.5 Å². The van der Waals surface area contributed by atoms with Crippen LogP contribution in [0, 0.1) is 0 Å². The highest BCUT2D eigenvalue weighted by molar-refractivity contribution is 5.98. The molecule has 0 saturated carbocycles. The molecular formula is C20H17N5O. The van der Waals surface area contributed by atoms with E-state index in [0.717, 1.165) is 35.1 Å². The summed E-state index contributed by atoms with van der Waals surface area (Å²) in [6.07, 6.45) is 3.49. The Kier molecular flexibility index (Phi) is 3.18. The zero-order valence-electron chi connectivity index (χ0n) is 14.0. The van der Waals surface area contributed by atoms with Gasteiger partial charge in [0.2, 0.25) is 0 Å². The van der Waals surface area contributed by atoms with Crippen molar-refractivity contribution in [3.05, 3.63) is 66.0 Å². The summed E-state index contributed by atoms with van der Waals surface area (Å²) in [5, 5.41) is 15.2. The Morgan fingerprint density at radius 3 is 2.69 bits per heavy atom. The first kappa shape index (κ1) is 14.9. The summed E-state index contributed by atoms with van der Waals surface area (Å²) in [7, 11) is 0. The van der Waals surface area contributed by atoms with E-state index in [0.29, 0.717) is 5.82 Å². The van der Waals surface area contributed by atoms with Gasteiger partial charge in [-0.05, 0) is 48.2 Å². The molecule has 1 aliphatic rings. The van der Waals surface area contributed by atoms with Crippen LogP contribution in [0.25, 0.3) is 22.3 Å². The summed E-state index contributed by atoms with van der Waals surface area (Å²) in [6, 6.07) is 15.5. The quantitative estimate of drug-likeness (QED) is 0.583. The first-order chi connectivity index (χ1) is 12.7. The van der Waals surface area contributed by atoms with Crippen molar-refractivity contribution in [2.24, 2.45) is 0 Å². The molecule has 3 N–H and O–H groups in total. The van der Waals surface area contributed by atoms with Crippen molar-refractivity contribution < 1.29 is 5.11 Å². The number of nitrogen functional groups attached to an aromatic ring is 1. The largest absolute Gasteiger partial charge is 0.508 e. The number of hydrogen-bond donors (Lipinski definition) is 2. The molecule has 0 amide bonds. The highest BCUT2D eigenvalue weighted by Crippen LogP contribution is 2.38. The summed E-state index contributed by atoms with van der Waals surface area (Å²) in [5.41, 5.74) is 11.2. The third kappa shape index (κ3) is 2.15. The minimum atomic E-state index is 0.133. The van der Waals surface area contributed by atoms with Gasteiger partial charge in [0.1, 0.15) is 23.6 Å². The lowest BCUT2D eigenvalue weighted by Gasteiger charge is -2.13. The van der Waals surface area contributed by atoms with Gasteiger partial charge in [-0.1, -0.05) is 24.3 Å². The molecule has 6 heteroatoms. The number of nitrogens with two attached hydrogens (primary N) is 1. The summed E-state index contributed by atoms with van der Waals surface area (Å²) < 4.78 is 1.97. The number of phenolic OH excluding ortho intramolecular Hbond substituents is 1. The second kappa shape index (κ2) is 5.56. The average molecular weight is 343 g/mol. The third-order valence-corrected chi connectivity index (χ3v) is 5.06. The molecule has 2 heterocycles. The Labute approximate surface area is 149 Å². The van der Waals surface area contributed by atoms with Gasteiger partial charge in [0.15, 0.2) is 5.65 Å². The fourth-order valence-corrected chi connectivity index (χ4v) is 3.82. The average Bonchev–Trinajstić information content (AvgIpc) is 3.25. The molecule has 6 nitrogen and oxygen atoms in total. The SMILES string of the molecule is Nc1ncnc2c1c(-c1ccc(O)cc1)nn2C1CCc2ccccc21. The predicted octanol–water partition coefficient (Wildman–Crippen LogP) is 3.32. The highest BCUT2D eigenvalue weighted by atomic mass is 16.3. The van der Waals surface area contributed by atoms with Crippen molar-refractivity contribution in [1.29, 1.82) is 0 Å². The molecule has 2 aromatic carbocycles. The fraction of sp³-hybridized carbons (Fsp3) is 0.150. The van der Waals surface area contributed by atoms with Crippen LogP contribution in [0.2, 0.25) is 0 Å². The lowest BCUT2D eigenvalue weighted by Crippen LogP contribution is -2.10. The molecule has 1 atom stereocenters. The van der Waals surface area contributed by atoms with E-state index >= 15 is 0 Å². The lowest BCUT2D eigenvalue weighted by molar-refractivity contribution is 0.475. The maximum atomic E-state index is 9.58. The summed E-state index contributed by atoms with van der Waals surface area (Å²) in [6.45, 7) is 0. The van der Waals surface area contributed by atoms with E-state index in [1.54, 1.807) is 12.1 Å². The maximum Gasteiger partial charge on any atom is 0.164 e. The number of rotatable bonds is 2. The zero-order valence-corrected chi connectivity index (χ0v) is 14.0. The number of nitrogens with zero attached hydrogens (tertiary/aromatic N) is 4. The molecule has 128 valence electrons. The Bertz CT molecular complexity index is 1120. The van der Waals surface area contributed by atoms with Crippen molar-refractivity contribution in [3.63, 3.8) is 0 Å². The normalized spacial score (nSPS) is 16.1. The van der Waals surface area contributed by atoms with E-state index in [9.17, 15) is 5.11 Å². The molecule has 0 fully saturated rings. The van der Waals surface area contributed by atoms with Gasteiger partial charge in [-0.2, -0.15) is 5.10 Å². The molecule has 1 aliphatic carbocycles. The van der Waals surface area contributed by atoms with Crippen LogP contribution in [0.15, 0.2) is 54.9 Å². The minimum Gasteiger partial charge on any atom is -0.508 e. The van der Waals surface area contributed by atoms with E-state index in [-0.39, 0.29) is 11.8 Å². The van der Waals surface area contributed by atoms with Crippen molar-refractivity contribution in [3.8, 4) is 17.0 Å². The number of aromatic nitrogens is 4. The Balaban J connectivity index is 1.75. The van der Waals surface area contributed by atoms with Gasteiger partial charge in [0, 0.05) is 5.56 Å². The molecule has 0 radical (unpaired) electrons. The Hall–Kier alpha value is -3.41. The fourth-order valence-electron chi connectivity index (χ4n) is 3.82. The van der Waals surface area contributed by atoms with E-state index in [2.05, 4.69) is 34.2 Å². The smallest absolute Gasteiger partial charge is 0.164 e. The Morgan fingerprint density at radius 1 is 1.04 bits per heavy atom. The maximum absolute atomic E-state index is 9.58. The van der Waals surface area contributed by atoms with Crippen LogP contribution in [0.1, 0.15) is 23.6 Å². The molecule has 0 bridgehead atoms. The van der Waals surface area contributed by atoms with Gasteiger partial charge in [-0.25, -0.2) is 14.6 Å². The van der Waals surface area contributed by atoms with Gasteiger partial charge >= 0.3 is 0 Å². The van der Waals surface area contributed by atoms with E-state index < -0.39 is 0 Å². The number of aryl methyl sites for hydroxylation is 1. The van der Waals surface area contributed by atoms with Crippen LogP contribution in [0.5, 0.6) is 5.75 Å². The first-order valence-corrected chi connectivity index (χ1v) is 8.58. The second-order valence-electron chi connectivity index (χ2n) is 6.55. The monoisotopic (exact) mass is 343 g/mol. The topological polar surface area (TPSA) is 89.8 Å². The van der Waals surface area contributed by atoms with Crippen LogP contribution in [0.3, 0.4) is 0 Å². The highest BCUT2D eigenvalue weighted by Gasteiger charge is 2.28. The molecule has 1 unspecified atom stereocenters. The predicted molar refractivity (Wildman–Crippen MR) is 99.7 cm³/mol. The number of benzene rings is 2. The number of aromatic hydroxyl groups is 1. The molecule has 0 aliphatic heterocycles. The van der Waals surface area contributed by atoms with Gasteiger partial charge in [0.25, 0.3) is 0 Å². The van der Waals surface area contributed by atoms with Crippen LogP contribution >= 0.6 is 0 Å². The van der Waals surface area contributed by atoms with Crippen LogP contribution < -0.4 is 5.73 Å². The summed E-state index contributed by atoms with van der Waals surface area (Å²) in [5.74, 6) is 0.627. The molecule has 4 aromatic rings. The molecule has 0 spiro atoms. The summed E-state index contributed by atoms with van der Waals surface area (Å²) in [4.78, 5) is 8.64. The van der Waals surface area contributed by atoms with Gasteiger partial charge in [-0.3, -0.25) is 0 Å². The van der Waals surface area contributed by atoms with Gasteiger partial charge < -0.3 is 10.8 Å². The standard InChI is InChI=1S/C20H17N5O/c21-19-17-18(13-5-8-14(26)9-6-13)24-25(20(17)23-11-22-19)16-10-7-12-3-1-2-4-15(12)16/h1-6,8-9,11,16,26H,7,10H2,(H2,21,22,23). The lowest BCUT2D eigenvalue weighted by atomic mass is 10.1. The van der Waals surface area contributed by atoms with Crippen LogP contribution in [-0.2, 0) is 6.42 Å². The molecular weight excluding hydrogens is 326 g/mol. The Morgan fingerprint density at radius 2 is 1.85 bits per heavy atom. The van der Waals surface area contributed by atoms with Gasteiger partial charge in [-0.15, -0.1) is 0 Å². The minimum absolute atomic E-state index is 0.133. The van der Waals surface area contributed by atoms with Crippen molar-refractivity contribution in [2.75, 3.05) is 5.73 Å². The first-order valence-electron chi connectivity index (χ1n) is 8.58. The van der Waals surface area contributed by atoms with Crippen LogP contribution in [0.4, 0.5) is 5.82 Å². The number of anilines is 1. The van der Waals surface area contributed by atoms with Gasteiger partial charge in [0.05, 0.1) is 11.4 Å². The summed E-state index contributed by atoms with van der Waals surface area (Å²) >= 11 is 0. The van der Waals surface area contributed by atoms with Crippen molar-refractivity contribution >= 4 is 16.9 Å². The van der Waals surface area contributed by atoms with E-state index in [4.69, 9.17) is 10.8 Å². The van der Waals surface area contributed by atoms with Crippen molar-refractivity contribution in [2.45, 2.75) is 18.9 Å². The number of hydrogen-bond acceptors (Lipinski definition) is 5. The molecule has 26 heavy (non-hydrogen) atoms. The van der Waals surface area contributed by atoms with E-state index in [1.807, 2.05) is 16.8 Å². The molecule has 0 saturated heterocycles. The molecule has 2 aromatic heterocycles. The zero-order chi connectivity index (χ0) is 17.7.